The van der Waals surface area contributed by atoms with Gasteiger partial charge in [0.1, 0.15) is 17.3 Å². The normalized spacial score (nSPS) is 14.9. The Morgan fingerprint density at radius 1 is 0.829 bits per heavy atom. The molecule has 0 fully saturated rings. The smallest absolute Gasteiger partial charge is 0.413 e. The maximum Gasteiger partial charge on any atom is 0.457 e. The van der Waals surface area contributed by atoms with Crippen LogP contribution >= 0.6 is 42.6 Å². The molecule has 1 N–H and O–H groups in total. The van der Waals surface area contributed by atoms with Crippen LogP contribution in [-0.4, -0.2) is 0 Å². The van der Waals surface area contributed by atoms with E-state index in [1.54, 1.807) is 48.5 Å². The first-order chi connectivity index (χ1) is 16.8. The molecule has 0 bridgehead atoms. The van der Waals surface area contributed by atoms with Crippen LogP contribution in [0, 0.1) is 12.7 Å². The summed E-state index contributed by atoms with van der Waals surface area (Å²) in [6, 6.07) is 23.5. The molecule has 1 aliphatic rings. The van der Waals surface area contributed by atoms with Gasteiger partial charge in [-0.25, -0.2) is 8.96 Å². The third kappa shape index (κ3) is 5.31. The van der Waals surface area contributed by atoms with Crippen molar-refractivity contribution in [3.8, 4) is 11.5 Å². The summed E-state index contributed by atoms with van der Waals surface area (Å²) < 4.78 is 40.8. The summed E-state index contributed by atoms with van der Waals surface area (Å²) in [5.74, 6) is -0.657. The van der Waals surface area contributed by atoms with Gasteiger partial charge in [-0.3, -0.25) is 0 Å². The van der Waals surface area contributed by atoms with Crippen LogP contribution in [0.5, 0.6) is 11.5 Å². The summed E-state index contributed by atoms with van der Waals surface area (Å²) in [4.78, 5) is 1.33. The Labute approximate surface area is 216 Å². The van der Waals surface area contributed by atoms with Gasteiger partial charge in [-0.1, -0.05) is 64.8 Å². The van der Waals surface area contributed by atoms with E-state index in [1.165, 1.54) is 23.9 Å². The molecule has 0 saturated carbocycles. The largest absolute Gasteiger partial charge is 0.457 e. The summed E-state index contributed by atoms with van der Waals surface area (Å²) in [6.07, 6.45) is 0. The zero-order chi connectivity index (χ0) is 24.6. The number of rotatable bonds is 4. The molecule has 0 saturated heterocycles. The molecule has 4 aromatic rings. The molecule has 1 atom stereocenters. The molecule has 1 aliphatic heterocycles. The van der Waals surface area contributed by atoms with E-state index in [4.69, 9.17) is 32.2 Å². The summed E-state index contributed by atoms with van der Waals surface area (Å²) in [5.41, 5.74) is 2.32. The molecule has 0 aliphatic carbocycles. The second kappa shape index (κ2) is 9.79. The van der Waals surface area contributed by atoms with Crippen LogP contribution < -0.4 is 14.4 Å². The lowest BCUT2D eigenvalue weighted by Gasteiger charge is -2.31. The van der Waals surface area contributed by atoms with Crippen molar-refractivity contribution in [1.29, 1.82) is 0 Å². The third-order valence-electron chi connectivity index (χ3n) is 5.34. The molecule has 5 rings (SSSR count). The Hall–Kier alpha value is -2.63. The van der Waals surface area contributed by atoms with Crippen LogP contribution in [0.1, 0.15) is 16.9 Å². The number of aryl methyl sites for hydroxylation is 1. The monoisotopic (exact) mass is 545 g/mol. The molecule has 4 aromatic carbocycles. The van der Waals surface area contributed by atoms with Crippen molar-refractivity contribution >= 4 is 48.2 Å². The SMILES string of the molecule is Cc1ccc(NC(c2ccc(F)cc2)P2(=O)Oc3ccc(Cl)cc3Sc3cc(Cl)ccc3O2)cc1. The van der Waals surface area contributed by atoms with E-state index >= 15 is 0 Å². The highest BCUT2D eigenvalue weighted by Gasteiger charge is 2.43. The summed E-state index contributed by atoms with van der Waals surface area (Å²) in [5, 5.41) is 4.30. The topological polar surface area (TPSA) is 47.6 Å². The van der Waals surface area contributed by atoms with Crippen LogP contribution in [0.3, 0.4) is 0 Å². The van der Waals surface area contributed by atoms with Gasteiger partial charge in [-0.05, 0) is 73.2 Å². The van der Waals surface area contributed by atoms with E-state index in [1.807, 2.05) is 31.2 Å². The Kier molecular flexibility index (Phi) is 6.73. The van der Waals surface area contributed by atoms with Crippen molar-refractivity contribution in [3.63, 3.8) is 0 Å². The minimum Gasteiger partial charge on any atom is -0.413 e. The second-order valence-corrected chi connectivity index (χ2v) is 11.9. The maximum absolute atomic E-state index is 14.7. The zero-order valence-electron chi connectivity index (χ0n) is 18.4. The Bertz CT molecular complexity index is 1380. The fourth-order valence-electron chi connectivity index (χ4n) is 3.59. The Morgan fingerprint density at radius 2 is 1.37 bits per heavy atom. The summed E-state index contributed by atoms with van der Waals surface area (Å²) in [6.45, 7) is 1.98. The van der Waals surface area contributed by atoms with Gasteiger partial charge >= 0.3 is 7.60 Å². The number of fused-ring (bicyclic) bond motifs is 2. The molecule has 178 valence electrons. The van der Waals surface area contributed by atoms with Crippen molar-refractivity contribution in [2.24, 2.45) is 0 Å². The standard InChI is InChI=1S/C26H19Cl2FNO3PS/c1-16-2-10-21(11-3-16)30-26(17-4-8-20(29)9-5-17)34(31)32-22-12-6-18(27)14-24(22)35-25-15-19(28)7-13-23(25)33-34/h2-15,26,30H,1H3. The number of nitrogens with one attached hydrogen (secondary N) is 1. The number of halogens is 3. The molecule has 35 heavy (non-hydrogen) atoms. The Balaban J connectivity index is 1.67. The van der Waals surface area contributed by atoms with E-state index < -0.39 is 19.2 Å². The highest BCUT2D eigenvalue weighted by atomic mass is 35.5. The van der Waals surface area contributed by atoms with Crippen molar-refractivity contribution < 1.29 is 18.0 Å². The number of anilines is 1. The summed E-state index contributed by atoms with van der Waals surface area (Å²) >= 11 is 13.9. The molecule has 0 radical (unpaired) electrons. The first-order valence-corrected chi connectivity index (χ1v) is 13.8. The molecule has 0 spiro atoms. The summed E-state index contributed by atoms with van der Waals surface area (Å²) in [7, 11) is -4.04. The van der Waals surface area contributed by atoms with E-state index in [-0.39, 0.29) is 0 Å². The van der Waals surface area contributed by atoms with Gasteiger partial charge in [0.2, 0.25) is 0 Å². The molecule has 1 unspecified atom stereocenters. The van der Waals surface area contributed by atoms with Gasteiger partial charge in [0.15, 0.2) is 5.78 Å². The average Bonchev–Trinajstić information content (AvgIpc) is 2.82. The van der Waals surface area contributed by atoms with Crippen LogP contribution in [0.25, 0.3) is 0 Å². The molecule has 1 heterocycles. The lowest BCUT2D eigenvalue weighted by Crippen LogP contribution is -2.19. The van der Waals surface area contributed by atoms with Gasteiger partial charge in [0.05, 0.1) is 9.79 Å². The van der Waals surface area contributed by atoms with Gasteiger partial charge in [0, 0.05) is 15.7 Å². The van der Waals surface area contributed by atoms with Crippen LogP contribution in [0.15, 0.2) is 94.7 Å². The quantitative estimate of drug-likeness (QED) is 0.259. The van der Waals surface area contributed by atoms with Crippen molar-refractivity contribution in [1.82, 2.24) is 0 Å². The third-order valence-corrected chi connectivity index (χ3v) is 8.85. The second-order valence-electron chi connectivity index (χ2n) is 7.97. The fraction of sp³-hybridized carbons (Fsp3) is 0.0769. The number of hydrogen-bond acceptors (Lipinski definition) is 5. The van der Waals surface area contributed by atoms with Crippen LogP contribution in [0.4, 0.5) is 10.1 Å². The van der Waals surface area contributed by atoms with E-state index in [0.717, 1.165) is 5.56 Å². The van der Waals surface area contributed by atoms with E-state index in [2.05, 4.69) is 5.32 Å². The Morgan fingerprint density at radius 3 is 1.91 bits per heavy atom. The molecule has 4 nitrogen and oxygen atoms in total. The lowest BCUT2D eigenvalue weighted by molar-refractivity contribution is 0.368. The number of benzene rings is 4. The van der Waals surface area contributed by atoms with Crippen LogP contribution in [0.2, 0.25) is 10.0 Å². The van der Waals surface area contributed by atoms with Crippen LogP contribution in [-0.2, 0) is 4.57 Å². The lowest BCUT2D eigenvalue weighted by atomic mass is 10.2. The van der Waals surface area contributed by atoms with Crippen molar-refractivity contribution in [3.05, 3.63) is 112 Å². The number of hydrogen-bond donors (Lipinski definition) is 1. The van der Waals surface area contributed by atoms with Gasteiger partial charge in [-0.2, -0.15) is 0 Å². The van der Waals surface area contributed by atoms with Crippen molar-refractivity contribution in [2.45, 2.75) is 22.5 Å². The van der Waals surface area contributed by atoms with Gasteiger partial charge < -0.3 is 14.4 Å². The minimum atomic E-state index is -4.04. The fourth-order valence-corrected chi connectivity index (χ4v) is 7.17. The first kappa shape index (κ1) is 24.1. The highest BCUT2D eigenvalue weighted by Crippen LogP contribution is 2.63. The molecular weight excluding hydrogens is 527 g/mol. The zero-order valence-corrected chi connectivity index (χ0v) is 21.6. The van der Waals surface area contributed by atoms with E-state index in [9.17, 15) is 8.96 Å². The highest BCUT2D eigenvalue weighted by molar-refractivity contribution is 7.99. The predicted molar refractivity (Wildman–Crippen MR) is 140 cm³/mol. The van der Waals surface area contributed by atoms with Gasteiger partial charge in [-0.15, -0.1) is 0 Å². The minimum absolute atomic E-state index is 0.353. The molecule has 0 aromatic heterocycles. The average molecular weight is 546 g/mol. The first-order valence-electron chi connectivity index (χ1n) is 10.6. The molecule has 9 heteroatoms. The van der Waals surface area contributed by atoms with Gasteiger partial charge in [0.25, 0.3) is 0 Å². The van der Waals surface area contributed by atoms with E-state index in [0.29, 0.717) is 42.6 Å². The maximum atomic E-state index is 14.7. The molecular formula is C26H19Cl2FNO3PS. The predicted octanol–water partition coefficient (Wildman–Crippen LogP) is 9.37. The molecule has 0 amide bonds. The van der Waals surface area contributed by atoms with Crippen molar-refractivity contribution in [2.75, 3.05) is 5.32 Å².